The molecule has 0 bridgehead atoms. The first-order valence-electron chi connectivity index (χ1n) is 10.1. The molecular weight excluding hydrogens is 464 g/mol. The topological polar surface area (TPSA) is 92.8 Å². The fourth-order valence-corrected chi connectivity index (χ4v) is 4.61. The van der Waals surface area contributed by atoms with Crippen LogP contribution in [0.3, 0.4) is 0 Å². The van der Waals surface area contributed by atoms with Crippen LogP contribution in [0, 0.1) is 6.92 Å². The number of nitrogens with zero attached hydrogens (tertiary/aromatic N) is 1. The number of halogens is 1. The van der Waals surface area contributed by atoms with Gasteiger partial charge >= 0.3 is 5.97 Å². The van der Waals surface area contributed by atoms with Crippen molar-refractivity contribution >= 4 is 44.9 Å². The Morgan fingerprint density at radius 2 is 1.67 bits per heavy atom. The lowest BCUT2D eigenvalue weighted by molar-refractivity contribution is -0.114. The van der Waals surface area contributed by atoms with Crippen molar-refractivity contribution in [3.8, 4) is 0 Å². The van der Waals surface area contributed by atoms with Crippen molar-refractivity contribution in [2.45, 2.75) is 18.7 Å². The van der Waals surface area contributed by atoms with Gasteiger partial charge in [-0.3, -0.25) is 9.10 Å². The van der Waals surface area contributed by atoms with Gasteiger partial charge in [-0.2, -0.15) is 0 Å². The zero-order valence-electron chi connectivity index (χ0n) is 18.1. The van der Waals surface area contributed by atoms with Crippen LogP contribution in [-0.2, 0) is 19.6 Å². The van der Waals surface area contributed by atoms with Crippen LogP contribution in [0.4, 0.5) is 11.4 Å². The maximum Gasteiger partial charge on any atom is 0.338 e. The molecule has 1 N–H and O–H groups in total. The molecule has 0 radical (unpaired) electrons. The number of rotatable bonds is 8. The van der Waals surface area contributed by atoms with Crippen LogP contribution in [0.5, 0.6) is 0 Å². The highest BCUT2D eigenvalue weighted by Gasteiger charge is 2.27. The number of aryl methyl sites for hydroxylation is 1. The first-order chi connectivity index (χ1) is 15.7. The van der Waals surface area contributed by atoms with E-state index in [2.05, 4.69) is 5.32 Å². The molecule has 0 saturated heterocycles. The van der Waals surface area contributed by atoms with Gasteiger partial charge in [0.1, 0.15) is 6.54 Å². The summed E-state index contributed by atoms with van der Waals surface area (Å²) >= 11 is 5.90. The molecule has 0 atom stereocenters. The second-order valence-corrected chi connectivity index (χ2v) is 9.45. The standard InChI is InChI=1S/C24H23ClN2O5S/c1-3-32-24(29)18-7-11-20(12-8-18)26-23(28)16-27(21-6-4-5-17(2)15-21)33(30,31)22-13-9-19(25)10-14-22/h4-15H,3,16H2,1-2H3,(H,26,28). The van der Waals surface area contributed by atoms with Gasteiger partial charge in [0, 0.05) is 10.7 Å². The molecule has 0 aliphatic rings. The molecule has 0 heterocycles. The first-order valence-corrected chi connectivity index (χ1v) is 11.9. The number of sulfonamides is 1. The minimum atomic E-state index is -4.05. The Kier molecular flexibility index (Phi) is 7.73. The highest BCUT2D eigenvalue weighted by Crippen LogP contribution is 2.25. The number of ether oxygens (including phenoxy) is 1. The van der Waals surface area contributed by atoms with Gasteiger partial charge in [0.05, 0.1) is 22.8 Å². The quantitative estimate of drug-likeness (QED) is 0.467. The third kappa shape index (κ3) is 6.12. The summed E-state index contributed by atoms with van der Waals surface area (Å²) in [6.07, 6.45) is 0. The molecule has 0 saturated carbocycles. The van der Waals surface area contributed by atoms with Crippen LogP contribution in [-0.4, -0.2) is 33.4 Å². The Morgan fingerprint density at radius 1 is 1.00 bits per heavy atom. The summed E-state index contributed by atoms with van der Waals surface area (Å²) in [4.78, 5) is 24.6. The average molecular weight is 487 g/mol. The minimum Gasteiger partial charge on any atom is -0.462 e. The number of carbonyl (C=O) groups is 2. The van der Waals surface area contributed by atoms with Gasteiger partial charge < -0.3 is 10.1 Å². The predicted molar refractivity (Wildman–Crippen MR) is 128 cm³/mol. The van der Waals surface area contributed by atoms with Crippen molar-refractivity contribution in [3.05, 3.63) is 88.9 Å². The van der Waals surface area contributed by atoms with E-state index in [4.69, 9.17) is 16.3 Å². The van der Waals surface area contributed by atoms with E-state index in [9.17, 15) is 18.0 Å². The number of esters is 1. The largest absolute Gasteiger partial charge is 0.462 e. The van der Waals surface area contributed by atoms with Crippen molar-refractivity contribution in [2.24, 2.45) is 0 Å². The van der Waals surface area contributed by atoms with E-state index in [0.717, 1.165) is 9.87 Å². The number of nitrogens with one attached hydrogen (secondary N) is 1. The summed E-state index contributed by atoms with van der Waals surface area (Å²) in [6.45, 7) is 3.36. The van der Waals surface area contributed by atoms with Crippen molar-refractivity contribution in [1.82, 2.24) is 0 Å². The summed E-state index contributed by atoms with van der Waals surface area (Å²) in [5.74, 6) is -1.01. The second-order valence-electron chi connectivity index (χ2n) is 7.15. The van der Waals surface area contributed by atoms with Crippen LogP contribution < -0.4 is 9.62 Å². The smallest absolute Gasteiger partial charge is 0.338 e. The Labute approximate surface area is 198 Å². The van der Waals surface area contributed by atoms with Crippen LogP contribution in [0.15, 0.2) is 77.7 Å². The van der Waals surface area contributed by atoms with Gasteiger partial charge in [-0.1, -0.05) is 23.7 Å². The first kappa shape index (κ1) is 24.3. The van der Waals surface area contributed by atoms with Crippen LogP contribution in [0.25, 0.3) is 0 Å². The maximum absolute atomic E-state index is 13.4. The monoisotopic (exact) mass is 486 g/mol. The molecule has 33 heavy (non-hydrogen) atoms. The molecule has 0 fully saturated rings. The zero-order valence-corrected chi connectivity index (χ0v) is 19.7. The van der Waals surface area contributed by atoms with Gasteiger partial charge in [-0.25, -0.2) is 13.2 Å². The fourth-order valence-electron chi connectivity index (χ4n) is 3.07. The highest BCUT2D eigenvalue weighted by atomic mass is 35.5. The SMILES string of the molecule is CCOC(=O)c1ccc(NC(=O)CN(c2cccc(C)c2)S(=O)(=O)c2ccc(Cl)cc2)cc1. The number of anilines is 2. The van der Waals surface area contributed by atoms with Crippen LogP contribution in [0.1, 0.15) is 22.8 Å². The van der Waals surface area contributed by atoms with E-state index in [1.165, 1.54) is 36.4 Å². The van der Waals surface area contributed by atoms with Gasteiger partial charge in [0.2, 0.25) is 5.91 Å². The summed E-state index contributed by atoms with van der Waals surface area (Å²) in [5, 5.41) is 3.07. The Morgan fingerprint density at radius 3 is 2.27 bits per heavy atom. The van der Waals surface area contributed by atoms with Crippen molar-refractivity contribution in [2.75, 3.05) is 22.8 Å². The van der Waals surface area contributed by atoms with E-state index in [0.29, 0.717) is 22.0 Å². The lowest BCUT2D eigenvalue weighted by Gasteiger charge is -2.24. The minimum absolute atomic E-state index is 0.0139. The molecule has 0 aliphatic heterocycles. The molecule has 0 spiro atoms. The molecule has 1 amide bonds. The number of hydrogen-bond acceptors (Lipinski definition) is 5. The fraction of sp³-hybridized carbons (Fsp3) is 0.167. The van der Waals surface area contributed by atoms with Crippen LogP contribution in [0.2, 0.25) is 5.02 Å². The molecule has 0 aromatic heterocycles. The summed E-state index contributed by atoms with van der Waals surface area (Å²) in [7, 11) is -4.05. The van der Waals surface area contributed by atoms with Crippen molar-refractivity contribution in [3.63, 3.8) is 0 Å². The second kappa shape index (κ2) is 10.5. The molecule has 3 rings (SSSR count). The lowest BCUT2D eigenvalue weighted by Crippen LogP contribution is -2.38. The molecular formula is C24H23ClN2O5S. The number of amides is 1. The Hall–Kier alpha value is -3.36. The van der Waals surface area contributed by atoms with Gasteiger partial charge in [-0.05, 0) is 80.1 Å². The third-order valence-electron chi connectivity index (χ3n) is 4.66. The molecule has 7 nitrogen and oxygen atoms in total. The zero-order chi connectivity index (χ0) is 24.0. The predicted octanol–water partition coefficient (Wildman–Crippen LogP) is 4.66. The molecule has 3 aromatic rings. The number of hydrogen-bond donors (Lipinski definition) is 1. The molecule has 172 valence electrons. The van der Waals surface area contributed by atoms with E-state index < -0.39 is 28.4 Å². The normalized spacial score (nSPS) is 11.0. The summed E-state index contributed by atoms with van der Waals surface area (Å²) in [5.41, 5.74) is 1.97. The summed E-state index contributed by atoms with van der Waals surface area (Å²) in [6, 6.07) is 18.8. The van der Waals surface area contributed by atoms with Gasteiger partial charge in [-0.15, -0.1) is 0 Å². The lowest BCUT2D eigenvalue weighted by atomic mass is 10.2. The number of benzene rings is 3. The Bertz CT molecular complexity index is 1240. The summed E-state index contributed by atoms with van der Waals surface area (Å²) < 4.78 is 32.7. The average Bonchev–Trinajstić information content (AvgIpc) is 2.78. The molecule has 3 aromatic carbocycles. The highest BCUT2D eigenvalue weighted by molar-refractivity contribution is 7.92. The molecule has 0 unspecified atom stereocenters. The van der Waals surface area contributed by atoms with E-state index in [-0.39, 0.29) is 11.5 Å². The van der Waals surface area contributed by atoms with Crippen LogP contribution >= 0.6 is 11.6 Å². The Balaban J connectivity index is 1.85. The molecule has 0 aliphatic carbocycles. The van der Waals surface area contributed by atoms with E-state index in [1.54, 1.807) is 37.3 Å². The van der Waals surface area contributed by atoms with E-state index >= 15 is 0 Å². The van der Waals surface area contributed by atoms with Gasteiger partial charge in [0.15, 0.2) is 0 Å². The third-order valence-corrected chi connectivity index (χ3v) is 6.70. The van der Waals surface area contributed by atoms with E-state index in [1.807, 2.05) is 13.0 Å². The maximum atomic E-state index is 13.4. The van der Waals surface area contributed by atoms with Gasteiger partial charge in [0.25, 0.3) is 10.0 Å². The van der Waals surface area contributed by atoms with Crippen molar-refractivity contribution < 1.29 is 22.7 Å². The van der Waals surface area contributed by atoms with Crippen molar-refractivity contribution in [1.29, 1.82) is 0 Å². The number of carbonyl (C=O) groups excluding carboxylic acids is 2. The molecule has 9 heteroatoms.